The minimum absolute atomic E-state index is 0.156. The Morgan fingerprint density at radius 3 is 2.63 bits per heavy atom. The zero-order valence-electron chi connectivity index (χ0n) is 22.0. The number of hydrogen-bond donors (Lipinski definition) is 2. The zero-order chi connectivity index (χ0) is 26.2. The van der Waals surface area contributed by atoms with Gasteiger partial charge in [0.05, 0.1) is 6.61 Å². The van der Waals surface area contributed by atoms with Gasteiger partial charge in [0.2, 0.25) is 5.82 Å². The Labute approximate surface area is 224 Å². The first kappa shape index (κ1) is 25.6. The van der Waals surface area contributed by atoms with Crippen LogP contribution in [0.15, 0.2) is 66.9 Å². The molecule has 0 atom stereocenters. The lowest BCUT2D eigenvalue weighted by Gasteiger charge is -2.15. The summed E-state index contributed by atoms with van der Waals surface area (Å²) in [5.41, 5.74) is 4.24. The van der Waals surface area contributed by atoms with Crippen LogP contribution in [0.1, 0.15) is 72.5 Å². The third-order valence-electron chi connectivity index (χ3n) is 7.25. The van der Waals surface area contributed by atoms with Crippen LogP contribution in [0.4, 0.5) is 5.82 Å². The number of carbonyl (C=O) groups is 1. The molecule has 1 fully saturated rings. The fraction of sp³-hybridized carbons (Fsp3) is 0.355. The molecule has 7 nitrogen and oxygen atoms in total. The molecule has 1 aliphatic carbocycles. The number of amides is 1. The third-order valence-corrected chi connectivity index (χ3v) is 7.25. The summed E-state index contributed by atoms with van der Waals surface area (Å²) in [4.78, 5) is 20.2. The van der Waals surface area contributed by atoms with E-state index in [2.05, 4.69) is 44.5 Å². The summed E-state index contributed by atoms with van der Waals surface area (Å²) in [5.74, 6) is 2.51. The number of pyridine rings is 1. The maximum Gasteiger partial charge on any atom is 0.294 e. The Kier molecular flexibility index (Phi) is 8.43. The number of carbonyl (C=O) groups excluding carboxylic acids is 1. The number of nitrogens with zero attached hydrogens (tertiary/aromatic N) is 3. The highest BCUT2D eigenvalue weighted by molar-refractivity contribution is 6.01. The topological polar surface area (TPSA) is 92.8 Å². The van der Waals surface area contributed by atoms with Gasteiger partial charge in [-0.15, -0.1) is 10.2 Å². The summed E-state index contributed by atoms with van der Waals surface area (Å²) < 4.78 is 6.16. The van der Waals surface area contributed by atoms with Gasteiger partial charge in [-0.3, -0.25) is 4.79 Å². The summed E-state index contributed by atoms with van der Waals surface area (Å²) in [6.45, 7) is 2.82. The highest BCUT2D eigenvalue weighted by atomic mass is 16.5. The Hall–Kier alpha value is -4.00. The van der Waals surface area contributed by atoms with Gasteiger partial charge in [0.25, 0.3) is 5.91 Å². The van der Waals surface area contributed by atoms with Crippen molar-refractivity contribution in [2.75, 3.05) is 11.9 Å². The number of aromatic amines is 1. The van der Waals surface area contributed by atoms with E-state index < -0.39 is 0 Å². The van der Waals surface area contributed by atoms with E-state index in [1.54, 1.807) is 6.20 Å². The van der Waals surface area contributed by atoms with Gasteiger partial charge in [-0.2, -0.15) is 0 Å². The fourth-order valence-corrected chi connectivity index (χ4v) is 5.11. The Morgan fingerprint density at radius 1 is 1.00 bits per heavy atom. The second kappa shape index (κ2) is 12.5. The van der Waals surface area contributed by atoms with Crippen molar-refractivity contribution >= 4 is 11.7 Å². The molecule has 4 aromatic rings. The normalized spacial score (nSPS) is 14.1. The second-order valence-electron chi connectivity index (χ2n) is 10.1. The quantitative estimate of drug-likeness (QED) is 0.243. The van der Waals surface area contributed by atoms with Crippen LogP contribution in [0.25, 0.3) is 11.1 Å². The maximum absolute atomic E-state index is 12.8. The van der Waals surface area contributed by atoms with E-state index in [1.807, 2.05) is 48.5 Å². The molecule has 5 rings (SSSR count). The number of nitrogens with one attached hydrogen (secondary N) is 2. The monoisotopic (exact) mass is 509 g/mol. The summed E-state index contributed by atoms with van der Waals surface area (Å²) in [5, 5.41) is 11.0. The number of rotatable bonds is 9. The number of aromatic nitrogens is 4. The standard InChI is InChI=1S/C31H35N5O2/c1-22-13-14-26(38-18-16-23-9-5-2-3-6-10-23)21-27(22)25-15-17-32-28(20-25)34-31(37)30-33-29(35-36-30)19-24-11-7-4-8-12-24/h4,7-8,11-15,17,20-21,23H,2-3,5-6,9-10,16,18-19H2,1H3,(H,32,34,37)(H,33,35,36). The van der Waals surface area contributed by atoms with E-state index in [0.717, 1.165) is 46.9 Å². The smallest absolute Gasteiger partial charge is 0.294 e. The molecule has 0 saturated heterocycles. The van der Waals surface area contributed by atoms with Gasteiger partial charge in [0.1, 0.15) is 17.4 Å². The predicted octanol–water partition coefficient (Wildman–Crippen LogP) is 6.76. The summed E-state index contributed by atoms with van der Waals surface area (Å²) >= 11 is 0. The van der Waals surface area contributed by atoms with E-state index in [1.165, 1.54) is 38.5 Å². The van der Waals surface area contributed by atoms with Crippen molar-refractivity contribution in [2.45, 2.75) is 58.3 Å². The molecule has 2 aromatic heterocycles. The van der Waals surface area contributed by atoms with Crippen molar-refractivity contribution < 1.29 is 9.53 Å². The van der Waals surface area contributed by atoms with E-state index in [4.69, 9.17) is 4.74 Å². The zero-order valence-corrected chi connectivity index (χ0v) is 22.0. The number of hydrogen-bond acceptors (Lipinski definition) is 5. The molecular weight excluding hydrogens is 474 g/mol. The molecule has 2 heterocycles. The van der Waals surface area contributed by atoms with E-state index in [9.17, 15) is 4.79 Å². The van der Waals surface area contributed by atoms with Gasteiger partial charge >= 0.3 is 0 Å². The number of aryl methyl sites for hydroxylation is 1. The lowest BCUT2D eigenvalue weighted by Crippen LogP contribution is -2.14. The van der Waals surface area contributed by atoms with Gasteiger partial charge < -0.3 is 15.0 Å². The van der Waals surface area contributed by atoms with Crippen LogP contribution in [0.3, 0.4) is 0 Å². The number of anilines is 1. The van der Waals surface area contributed by atoms with Crippen molar-refractivity contribution in [1.82, 2.24) is 20.2 Å². The number of ether oxygens (including phenoxy) is 1. The largest absolute Gasteiger partial charge is 0.494 e. The molecule has 0 unspecified atom stereocenters. The molecule has 1 aliphatic rings. The first-order valence-corrected chi connectivity index (χ1v) is 13.6. The fourth-order valence-electron chi connectivity index (χ4n) is 5.11. The molecule has 7 heteroatoms. The summed E-state index contributed by atoms with van der Waals surface area (Å²) in [7, 11) is 0. The van der Waals surface area contributed by atoms with Crippen LogP contribution in [0.2, 0.25) is 0 Å². The summed E-state index contributed by atoms with van der Waals surface area (Å²) in [6.07, 6.45) is 11.5. The maximum atomic E-state index is 12.8. The molecule has 1 saturated carbocycles. The van der Waals surface area contributed by atoms with Gasteiger partial charge in [-0.1, -0.05) is 74.9 Å². The van der Waals surface area contributed by atoms with Crippen LogP contribution >= 0.6 is 0 Å². The van der Waals surface area contributed by atoms with E-state index in [0.29, 0.717) is 18.1 Å². The minimum atomic E-state index is -0.381. The molecule has 0 radical (unpaired) electrons. The van der Waals surface area contributed by atoms with Crippen molar-refractivity contribution in [3.05, 3.63) is 89.6 Å². The second-order valence-corrected chi connectivity index (χ2v) is 10.1. The van der Waals surface area contributed by atoms with Gasteiger partial charge in [-0.25, -0.2) is 4.98 Å². The van der Waals surface area contributed by atoms with Crippen LogP contribution in [0.5, 0.6) is 5.75 Å². The van der Waals surface area contributed by atoms with Crippen molar-refractivity contribution in [3.8, 4) is 16.9 Å². The van der Waals surface area contributed by atoms with E-state index >= 15 is 0 Å². The average Bonchev–Trinajstić information content (AvgIpc) is 3.25. The molecular formula is C31H35N5O2. The molecule has 2 N–H and O–H groups in total. The van der Waals surface area contributed by atoms with Gasteiger partial charge in [-0.05, 0) is 65.8 Å². The Bertz CT molecular complexity index is 1340. The van der Waals surface area contributed by atoms with Crippen molar-refractivity contribution in [1.29, 1.82) is 0 Å². The molecule has 0 spiro atoms. The third kappa shape index (κ3) is 6.85. The van der Waals surface area contributed by atoms with Gasteiger partial charge in [0.15, 0.2) is 0 Å². The first-order valence-electron chi connectivity index (χ1n) is 13.6. The molecule has 38 heavy (non-hydrogen) atoms. The number of H-pyrrole nitrogens is 1. The average molecular weight is 510 g/mol. The van der Waals surface area contributed by atoms with Gasteiger partial charge in [0, 0.05) is 12.6 Å². The van der Waals surface area contributed by atoms with Crippen LogP contribution in [-0.2, 0) is 6.42 Å². The van der Waals surface area contributed by atoms with Crippen LogP contribution in [0, 0.1) is 12.8 Å². The molecule has 2 aromatic carbocycles. The first-order chi connectivity index (χ1) is 18.6. The number of benzene rings is 2. The summed E-state index contributed by atoms with van der Waals surface area (Å²) in [6, 6.07) is 19.9. The SMILES string of the molecule is Cc1ccc(OCCC2CCCCCC2)cc1-c1ccnc(NC(=O)c2nnc(Cc3ccccc3)[nH]2)c1. The molecule has 1 amide bonds. The lowest BCUT2D eigenvalue weighted by atomic mass is 9.97. The Balaban J connectivity index is 1.22. The highest BCUT2D eigenvalue weighted by Crippen LogP contribution is 2.30. The van der Waals surface area contributed by atoms with Crippen molar-refractivity contribution in [2.24, 2.45) is 5.92 Å². The predicted molar refractivity (Wildman–Crippen MR) is 149 cm³/mol. The van der Waals surface area contributed by atoms with Crippen LogP contribution < -0.4 is 10.1 Å². The van der Waals surface area contributed by atoms with Crippen molar-refractivity contribution in [3.63, 3.8) is 0 Å². The van der Waals surface area contributed by atoms with Crippen LogP contribution in [-0.4, -0.2) is 32.7 Å². The Morgan fingerprint density at radius 2 is 1.82 bits per heavy atom. The minimum Gasteiger partial charge on any atom is -0.494 e. The lowest BCUT2D eigenvalue weighted by molar-refractivity contribution is 0.101. The van der Waals surface area contributed by atoms with E-state index in [-0.39, 0.29) is 11.7 Å². The molecule has 196 valence electrons. The highest BCUT2D eigenvalue weighted by Gasteiger charge is 2.15. The molecule has 0 aliphatic heterocycles. The molecule has 0 bridgehead atoms.